The van der Waals surface area contributed by atoms with Crippen molar-refractivity contribution in [1.82, 2.24) is 0 Å². The molecule has 2 nitrogen and oxygen atoms in total. The molecule has 0 aliphatic heterocycles. The van der Waals surface area contributed by atoms with Gasteiger partial charge >= 0.3 is 0 Å². The minimum Gasteiger partial charge on any atom is -0.211 e. The molecule has 0 fully saturated rings. The fourth-order valence-corrected chi connectivity index (χ4v) is 0.998. The number of hydrogen-bond donors (Lipinski definition) is 0. The van der Waals surface area contributed by atoms with Crippen LogP contribution >= 0.6 is 0 Å². The van der Waals surface area contributed by atoms with Gasteiger partial charge in [0, 0.05) is 0 Å². The van der Waals surface area contributed by atoms with E-state index in [1.54, 1.807) is 0 Å². The number of aliphatic imine (C=N–C) groups is 1. The fourth-order valence-electron chi connectivity index (χ4n) is 0.998. The molecule has 2 heteroatoms. The summed E-state index contributed by atoms with van der Waals surface area (Å²) in [6.07, 6.45) is 6.23. The van der Waals surface area contributed by atoms with Crippen molar-refractivity contribution in [2.75, 3.05) is 6.54 Å². The van der Waals surface area contributed by atoms with Crippen LogP contribution in [0.4, 0.5) is 0 Å². The lowest BCUT2D eigenvalue weighted by Crippen LogP contribution is -1.79. The van der Waals surface area contributed by atoms with Crippen LogP contribution in [0.3, 0.4) is 0 Å². The second-order valence-electron chi connectivity index (χ2n) is 2.59. The molecule has 0 heterocycles. The summed E-state index contributed by atoms with van der Waals surface area (Å²) in [6.45, 7) is 0.427. The average molecular weight is 173 g/mol. The molecule has 66 valence electrons. The predicted molar refractivity (Wildman–Crippen MR) is 52.3 cm³/mol. The van der Waals surface area contributed by atoms with Crippen LogP contribution in [-0.4, -0.2) is 12.6 Å². The highest BCUT2D eigenvalue weighted by atomic mass is 16.1. The Morgan fingerprint density at radius 3 is 2.69 bits per heavy atom. The van der Waals surface area contributed by atoms with E-state index in [9.17, 15) is 4.79 Å². The largest absolute Gasteiger partial charge is 0.235 e. The van der Waals surface area contributed by atoms with E-state index in [1.807, 2.05) is 30.4 Å². The van der Waals surface area contributed by atoms with Gasteiger partial charge in [-0.15, -0.1) is 0 Å². The summed E-state index contributed by atoms with van der Waals surface area (Å²) in [6, 6.07) is 10.1. The summed E-state index contributed by atoms with van der Waals surface area (Å²) in [5.41, 5.74) is 1.26. The van der Waals surface area contributed by atoms with Crippen molar-refractivity contribution < 1.29 is 4.79 Å². The summed E-state index contributed by atoms with van der Waals surface area (Å²) in [5, 5.41) is 0. The highest BCUT2D eigenvalue weighted by Crippen LogP contribution is 1.99. The first-order valence-corrected chi connectivity index (χ1v) is 4.16. The Morgan fingerprint density at radius 1 is 1.23 bits per heavy atom. The van der Waals surface area contributed by atoms with Crippen molar-refractivity contribution in [1.29, 1.82) is 0 Å². The van der Waals surface area contributed by atoms with Gasteiger partial charge in [-0.05, 0) is 12.0 Å². The molecule has 1 aromatic rings. The number of rotatable bonds is 4. The second-order valence-corrected chi connectivity index (χ2v) is 2.59. The van der Waals surface area contributed by atoms with E-state index < -0.39 is 0 Å². The molecule has 0 aliphatic rings. The molecule has 0 unspecified atom stereocenters. The van der Waals surface area contributed by atoms with Gasteiger partial charge in [-0.3, -0.25) is 0 Å². The fraction of sp³-hybridized carbons (Fsp3) is 0.182. The maximum atomic E-state index is 9.71. The van der Waals surface area contributed by atoms with E-state index in [4.69, 9.17) is 0 Å². The summed E-state index contributed by atoms with van der Waals surface area (Å²) in [5.74, 6) is 0. The van der Waals surface area contributed by atoms with E-state index in [1.165, 1.54) is 11.6 Å². The average Bonchev–Trinajstić information content (AvgIpc) is 2.19. The first kappa shape index (κ1) is 9.43. The first-order valence-electron chi connectivity index (χ1n) is 4.16. The Bertz CT molecular complexity index is 310. The SMILES string of the molecule is O=C=NCC=CCc1ccccc1. The van der Waals surface area contributed by atoms with Crippen LogP contribution in [0, 0.1) is 0 Å². The van der Waals surface area contributed by atoms with Crippen molar-refractivity contribution in [2.45, 2.75) is 6.42 Å². The third-order valence-corrected chi connectivity index (χ3v) is 1.62. The van der Waals surface area contributed by atoms with Crippen LogP contribution in [0.2, 0.25) is 0 Å². The molecule has 13 heavy (non-hydrogen) atoms. The summed E-state index contributed by atoms with van der Waals surface area (Å²) in [4.78, 5) is 13.1. The van der Waals surface area contributed by atoms with Gasteiger partial charge in [0.2, 0.25) is 6.08 Å². The van der Waals surface area contributed by atoms with Gasteiger partial charge in [-0.25, -0.2) is 9.79 Å². The van der Waals surface area contributed by atoms with Crippen molar-refractivity contribution in [3.8, 4) is 0 Å². The third-order valence-electron chi connectivity index (χ3n) is 1.62. The molecule has 0 bridgehead atoms. The van der Waals surface area contributed by atoms with Gasteiger partial charge in [0.05, 0.1) is 6.54 Å². The molecule has 0 radical (unpaired) electrons. The molecule has 1 aromatic carbocycles. The monoisotopic (exact) mass is 173 g/mol. The van der Waals surface area contributed by atoms with Crippen LogP contribution < -0.4 is 0 Å². The van der Waals surface area contributed by atoms with Crippen molar-refractivity contribution in [3.63, 3.8) is 0 Å². The highest BCUT2D eigenvalue weighted by Gasteiger charge is 1.84. The van der Waals surface area contributed by atoms with Crippen LogP contribution in [0.25, 0.3) is 0 Å². The van der Waals surface area contributed by atoms with Gasteiger partial charge in [-0.2, -0.15) is 0 Å². The number of nitrogens with zero attached hydrogens (tertiary/aromatic N) is 1. The zero-order chi connectivity index (χ0) is 9.36. The Morgan fingerprint density at radius 2 is 2.00 bits per heavy atom. The van der Waals surface area contributed by atoms with Crippen LogP contribution in [0.5, 0.6) is 0 Å². The molecule has 0 N–H and O–H groups in total. The lowest BCUT2D eigenvalue weighted by atomic mass is 10.1. The van der Waals surface area contributed by atoms with E-state index in [0.29, 0.717) is 6.54 Å². The van der Waals surface area contributed by atoms with Gasteiger partial charge in [0.1, 0.15) is 0 Å². The number of benzene rings is 1. The Balaban J connectivity index is 2.35. The summed E-state index contributed by atoms with van der Waals surface area (Å²) < 4.78 is 0. The molecule has 0 saturated heterocycles. The minimum atomic E-state index is 0.427. The maximum absolute atomic E-state index is 9.71. The van der Waals surface area contributed by atoms with Crippen LogP contribution in [0.15, 0.2) is 47.5 Å². The summed E-state index contributed by atoms with van der Waals surface area (Å²) in [7, 11) is 0. The molecule has 1 rings (SSSR count). The molecule has 0 aromatic heterocycles. The van der Waals surface area contributed by atoms with Gasteiger partial charge in [0.15, 0.2) is 0 Å². The quantitative estimate of drug-likeness (QED) is 0.389. The van der Waals surface area contributed by atoms with Crippen LogP contribution in [0.1, 0.15) is 5.56 Å². The van der Waals surface area contributed by atoms with Gasteiger partial charge in [-0.1, -0.05) is 42.5 Å². The van der Waals surface area contributed by atoms with Gasteiger partial charge < -0.3 is 0 Å². The molecular weight excluding hydrogens is 162 g/mol. The zero-order valence-electron chi connectivity index (χ0n) is 7.31. The molecule has 0 atom stereocenters. The van der Waals surface area contributed by atoms with Crippen molar-refractivity contribution >= 4 is 6.08 Å². The van der Waals surface area contributed by atoms with Crippen molar-refractivity contribution in [2.24, 2.45) is 4.99 Å². The maximum Gasteiger partial charge on any atom is 0.235 e. The second kappa shape index (κ2) is 5.92. The normalized spacial score (nSPS) is 9.85. The van der Waals surface area contributed by atoms with E-state index in [0.717, 1.165) is 6.42 Å². The predicted octanol–water partition coefficient (Wildman–Crippen LogP) is 2.12. The summed E-state index contributed by atoms with van der Waals surface area (Å²) >= 11 is 0. The number of allylic oxidation sites excluding steroid dienone is 1. The Kier molecular flexibility index (Phi) is 4.30. The smallest absolute Gasteiger partial charge is 0.211 e. The van der Waals surface area contributed by atoms with Crippen molar-refractivity contribution in [3.05, 3.63) is 48.0 Å². The van der Waals surface area contributed by atoms with Gasteiger partial charge in [0.25, 0.3) is 0 Å². The topological polar surface area (TPSA) is 29.4 Å². The zero-order valence-corrected chi connectivity index (χ0v) is 7.31. The molecule has 0 amide bonds. The number of carbonyl (C=O) groups excluding carboxylic acids is 1. The Labute approximate surface area is 77.6 Å². The number of isocyanates is 1. The highest BCUT2D eigenvalue weighted by molar-refractivity contribution is 5.33. The van der Waals surface area contributed by atoms with E-state index in [2.05, 4.69) is 17.1 Å². The van der Waals surface area contributed by atoms with E-state index in [-0.39, 0.29) is 0 Å². The standard InChI is InChI=1S/C11H11NO/c13-10-12-9-5-4-8-11-6-2-1-3-7-11/h1-7H,8-9H2. The van der Waals surface area contributed by atoms with E-state index >= 15 is 0 Å². The third kappa shape index (κ3) is 4.04. The Hall–Kier alpha value is -1.66. The number of hydrogen-bond acceptors (Lipinski definition) is 2. The minimum absolute atomic E-state index is 0.427. The van der Waals surface area contributed by atoms with Crippen LogP contribution in [-0.2, 0) is 11.2 Å². The lowest BCUT2D eigenvalue weighted by Gasteiger charge is -1.92. The first-order chi connectivity index (χ1) is 6.43. The molecule has 0 aliphatic carbocycles. The lowest BCUT2D eigenvalue weighted by molar-refractivity contribution is 0.564. The molecule has 0 saturated carbocycles. The molecular formula is C11H11NO. The molecule has 0 spiro atoms.